The minimum Gasteiger partial charge on any atom is -0.254 e. The van der Waals surface area contributed by atoms with Gasteiger partial charge in [0.05, 0.1) is 11.0 Å². The first kappa shape index (κ1) is 11.1. The first-order valence-electron chi connectivity index (χ1n) is 6.20. The van der Waals surface area contributed by atoms with E-state index in [-0.39, 0.29) is 0 Å². The third-order valence-corrected chi connectivity index (χ3v) is 3.78. The van der Waals surface area contributed by atoms with Crippen LogP contribution >= 0.6 is 0 Å². The summed E-state index contributed by atoms with van der Waals surface area (Å²) in [6.45, 7) is 8.54. The Morgan fingerprint density at radius 2 is 1.61 bits per heavy atom. The number of benzene rings is 1. The first-order chi connectivity index (χ1) is 8.59. The Kier molecular flexibility index (Phi) is 2.34. The molecule has 0 bridgehead atoms. The van der Waals surface area contributed by atoms with Crippen molar-refractivity contribution < 1.29 is 0 Å². The van der Waals surface area contributed by atoms with Crippen LogP contribution in [0.25, 0.3) is 21.8 Å². The second kappa shape index (κ2) is 3.77. The maximum atomic E-state index is 4.61. The van der Waals surface area contributed by atoms with Crippen molar-refractivity contribution in [3.05, 3.63) is 46.8 Å². The van der Waals surface area contributed by atoms with Gasteiger partial charge in [-0.3, -0.25) is 9.97 Å². The molecule has 2 aromatic heterocycles. The predicted octanol–water partition coefficient (Wildman–Crippen LogP) is 4.02. The van der Waals surface area contributed by atoms with Crippen molar-refractivity contribution >= 4 is 21.8 Å². The largest absolute Gasteiger partial charge is 0.254 e. The minimum atomic E-state index is 1.01. The lowest BCUT2D eigenvalue weighted by molar-refractivity contribution is 1.26. The Morgan fingerprint density at radius 3 is 2.39 bits per heavy atom. The number of fused-ring (bicyclic) bond motifs is 3. The molecule has 3 aromatic rings. The monoisotopic (exact) mass is 236 g/mol. The SMILES string of the molecule is Cc1cnc2c(c(C)cc3c(C)ccnc32)c1C. The highest BCUT2D eigenvalue weighted by Gasteiger charge is 2.11. The molecule has 3 rings (SSSR count). The molecule has 2 heterocycles. The molecule has 0 saturated carbocycles. The predicted molar refractivity (Wildman–Crippen MR) is 76.0 cm³/mol. The molecule has 0 fully saturated rings. The number of aryl methyl sites for hydroxylation is 4. The smallest absolute Gasteiger partial charge is 0.0970 e. The van der Waals surface area contributed by atoms with Crippen LogP contribution in [0.15, 0.2) is 24.5 Å². The summed E-state index contributed by atoms with van der Waals surface area (Å²) in [4.78, 5) is 9.13. The molecule has 90 valence electrons. The van der Waals surface area contributed by atoms with Gasteiger partial charge in [-0.25, -0.2) is 0 Å². The summed E-state index contributed by atoms with van der Waals surface area (Å²) in [6, 6.07) is 4.28. The van der Waals surface area contributed by atoms with Crippen LogP contribution in [0.3, 0.4) is 0 Å². The summed E-state index contributed by atoms with van der Waals surface area (Å²) in [7, 11) is 0. The molecule has 0 unspecified atom stereocenters. The highest BCUT2D eigenvalue weighted by atomic mass is 14.7. The van der Waals surface area contributed by atoms with Crippen LogP contribution in [0.1, 0.15) is 22.3 Å². The topological polar surface area (TPSA) is 25.8 Å². The van der Waals surface area contributed by atoms with Crippen molar-refractivity contribution in [2.45, 2.75) is 27.7 Å². The number of hydrogen-bond acceptors (Lipinski definition) is 2. The van der Waals surface area contributed by atoms with E-state index in [0.29, 0.717) is 0 Å². The van der Waals surface area contributed by atoms with Gasteiger partial charge in [-0.1, -0.05) is 0 Å². The van der Waals surface area contributed by atoms with Crippen molar-refractivity contribution in [2.75, 3.05) is 0 Å². The highest BCUT2D eigenvalue weighted by molar-refractivity contribution is 6.06. The van der Waals surface area contributed by atoms with Crippen LogP contribution in [-0.4, -0.2) is 9.97 Å². The maximum absolute atomic E-state index is 4.61. The molecule has 0 atom stereocenters. The normalized spacial score (nSPS) is 11.3. The zero-order chi connectivity index (χ0) is 12.9. The molecule has 1 aromatic carbocycles. The van der Waals surface area contributed by atoms with Gasteiger partial charge >= 0.3 is 0 Å². The van der Waals surface area contributed by atoms with Crippen molar-refractivity contribution in [2.24, 2.45) is 0 Å². The van der Waals surface area contributed by atoms with Crippen molar-refractivity contribution in [3.8, 4) is 0 Å². The van der Waals surface area contributed by atoms with E-state index >= 15 is 0 Å². The molecular weight excluding hydrogens is 220 g/mol. The summed E-state index contributed by atoms with van der Waals surface area (Å²) in [5, 5.41) is 2.46. The molecule has 0 aliphatic heterocycles. The molecular formula is C16H16N2. The van der Waals surface area contributed by atoms with Gasteiger partial charge in [0.2, 0.25) is 0 Å². The van der Waals surface area contributed by atoms with E-state index in [4.69, 9.17) is 0 Å². The fourth-order valence-corrected chi connectivity index (χ4v) is 2.59. The van der Waals surface area contributed by atoms with Gasteiger partial charge in [0, 0.05) is 23.2 Å². The summed E-state index contributed by atoms with van der Waals surface area (Å²) in [5.74, 6) is 0. The van der Waals surface area contributed by atoms with Crippen LogP contribution in [0.5, 0.6) is 0 Å². The molecule has 0 aliphatic carbocycles. The lowest BCUT2D eigenvalue weighted by Crippen LogP contribution is -1.94. The Bertz CT molecular complexity index is 773. The van der Waals surface area contributed by atoms with Gasteiger partial charge in [-0.2, -0.15) is 0 Å². The third-order valence-electron chi connectivity index (χ3n) is 3.78. The van der Waals surface area contributed by atoms with E-state index in [1.807, 2.05) is 12.4 Å². The standard InChI is InChI=1S/C16H16N2/c1-9-5-6-17-15-13(9)7-10(2)14-12(4)11(3)8-18-16(14)15/h5-8H,1-4H3. The molecule has 2 heteroatoms. The number of hydrogen-bond donors (Lipinski definition) is 0. The average molecular weight is 236 g/mol. The van der Waals surface area contributed by atoms with Gasteiger partial charge in [0.1, 0.15) is 0 Å². The number of rotatable bonds is 0. The third kappa shape index (κ3) is 1.42. The van der Waals surface area contributed by atoms with Gasteiger partial charge in [0.25, 0.3) is 0 Å². The summed E-state index contributed by atoms with van der Waals surface area (Å²) < 4.78 is 0. The summed E-state index contributed by atoms with van der Waals surface area (Å²) in [5.41, 5.74) is 7.11. The van der Waals surface area contributed by atoms with Gasteiger partial charge in [-0.15, -0.1) is 0 Å². The zero-order valence-electron chi connectivity index (χ0n) is 11.2. The average Bonchev–Trinajstić information content (AvgIpc) is 2.35. The van der Waals surface area contributed by atoms with Gasteiger partial charge in [-0.05, 0) is 62.1 Å². The number of pyridine rings is 2. The summed E-state index contributed by atoms with van der Waals surface area (Å²) in [6.07, 6.45) is 3.81. The van der Waals surface area contributed by atoms with Crippen molar-refractivity contribution in [1.82, 2.24) is 9.97 Å². The Labute approximate surface area is 107 Å². The molecule has 18 heavy (non-hydrogen) atoms. The van der Waals surface area contributed by atoms with E-state index in [0.717, 1.165) is 11.0 Å². The van der Waals surface area contributed by atoms with Gasteiger partial charge in [0.15, 0.2) is 0 Å². The maximum Gasteiger partial charge on any atom is 0.0970 e. The van der Waals surface area contributed by atoms with E-state index in [1.54, 1.807) is 0 Å². The van der Waals surface area contributed by atoms with E-state index in [2.05, 4.69) is 49.8 Å². The van der Waals surface area contributed by atoms with Crippen molar-refractivity contribution in [3.63, 3.8) is 0 Å². The first-order valence-corrected chi connectivity index (χ1v) is 6.20. The molecule has 0 N–H and O–H groups in total. The number of nitrogens with zero attached hydrogens (tertiary/aromatic N) is 2. The summed E-state index contributed by atoms with van der Waals surface area (Å²) >= 11 is 0. The van der Waals surface area contributed by atoms with Crippen LogP contribution in [0.4, 0.5) is 0 Å². The molecule has 2 nitrogen and oxygen atoms in total. The molecule has 0 amide bonds. The van der Waals surface area contributed by atoms with E-state index in [9.17, 15) is 0 Å². The Morgan fingerprint density at radius 1 is 0.833 bits per heavy atom. The Hall–Kier alpha value is -1.96. The highest BCUT2D eigenvalue weighted by Crippen LogP contribution is 2.30. The van der Waals surface area contributed by atoms with Crippen LogP contribution in [-0.2, 0) is 0 Å². The van der Waals surface area contributed by atoms with E-state index in [1.165, 1.54) is 33.0 Å². The van der Waals surface area contributed by atoms with Gasteiger partial charge < -0.3 is 0 Å². The fraction of sp³-hybridized carbons (Fsp3) is 0.250. The second-order valence-corrected chi connectivity index (χ2v) is 5.01. The molecule has 0 radical (unpaired) electrons. The molecule has 0 aliphatic rings. The lowest BCUT2D eigenvalue weighted by Gasteiger charge is -2.11. The fourth-order valence-electron chi connectivity index (χ4n) is 2.59. The molecule has 0 saturated heterocycles. The zero-order valence-corrected chi connectivity index (χ0v) is 11.2. The lowest BCUT2D eigenvalue weighted by atomic mass is 9.97. The minimum absolute atomic E-state index is 1.01. The van der Waals surface area contributed by atoms with Crippen LogP contribution in [0.2, 0.25) is 0 Å². The molecule has 0 spiro atoms. The van der Waals surface area contributed by atoms with Crippen LogP contribution < -0.4 is 0 Å². The van der Waals surface area contributed by atoms with Crippen molar-refractivity contribution in [1.29, 1.82) is 0 Å². The number of aromatic nitrogens is 2. The van der Waals surface area contributed by atoms with Crippen LogP contribution in [0, 0.1) is 27.7 Å². The second-order valence-electron chi connectivity index (χ2n) is 5.01. The van der Waals surface area contributed by atoms with E-state index < -0.39 is 0 Å². The Balaban J connectivity index is 2.64. The quantitative estimate of drug-likeness (QED) is 0.551.